The molecule has 1 aromatic carbocycles. The van der Waals surface area contributed by atoms with Crippen molar-refractivity contribution in [2.45, 2.75) is 32.7 Å². The van der Waals surface area contributed by atoms with Crippen molar-refractivity contribution in [3.05, 3.63) is 65.0 Å². The molecule has 18 heavy (non-hydrogen) atoms. The lowest BCUT2D eigenvalue weighted by atomic mass is 9.99. The molecule has 0 amide bonds. The molecule has 0 saturated heterocycles. The molecular weight excluding hydrogens is 220 g/mol. The van der Waals surface area contributed by atoms with E-state index in [-0.39, 0.29) is 6.04 Å². The van der Waals surface area contributed by atoms with Gasteiger partial charge >= 0.3 is 0 Å². The highest BCUT2D eigenvalue weighted by molar-refractivity contribution is 5.26. The van der Waals surface area contributed by atoms with Crippen LogP contribution in [0, 0.1) is 6.92 Å². The van der Waals surface area contributed by atoms with E-state index in [1.54, 1.807) is 0 Å². The van der Waals surface area contributed by atoms with E-state index in [2.05, 4.69) is 42.2 Å². The quantitative estimate of drug-likeness (QED) is 0.891. The highest BCUT2D eigenvalue weighted by atomic mass is 14.7. The molecule has 94 valence electrons. The van der Waals surface area contributed by atoms with Crippen molar-refractivity contribution in [3.63, 3.8) is 0 Å². The van der Waals surface area contributed by atoms with Crippen molar-refractivity contribution in [1.29, 1.82) is 0 Å². The zero-order valence-corrected chi connectivity index (χ0v) is 11.1. The molecule has 0 aliphatic heterocycles. The Morgan fingerprint density at radius 2 is 1.78 bits per heavy atom. The summed E-state index contributed by atoms with van der Waals surface area (Å²) in [4.78, 5) is 4.19. The maximum Gasteiger partial charge on any atom is 0.0351 e. The molecule has 0 spiro atoms. The Morgan fingerprint density at radius 1 is 1.11 bits per heavy atom. The molecule has 0 bridgehead atoms. The summed E-state index contributed by atoms with van der Waals surface area (Å²) in [7, 11) is 0. The molecule has 2 nitrogen and oxygen atoms in total. The van der Waals surface area contributed by atoms with Crippen molar-refractivity contribution < 1.29 is 0 Å². The van der Waals surface area contributed by atoms with E-state index in [9.17, 15) is 0 Å². The maximum atomic E-state index is 6.23. The van der Waals surface area contributed by atoms with Crippen molar-refractivity contribution in [2.24, 2.45) is 5.73 Å². The normalized spacial score (nSPS) is 12.4. The molecule has 2 aromatic rings. The van der Waals surface area contributed by atoms with E-state index >= 15 is 0 Å². The van der Waals surface area contributed by atoms with Gasteiger partial charge in [-0.15, -0.1) is 0 Å². The number of hydrogen-bond acceptors (Lipinski definition) is 2. The molecule has 1 unspecified atom stereocenters. The number of nitrogens with two attached hydrogens (primary N) is 1. The van der Waals surface area contributed by atoms with Gasteiger partial charge in [0.1, 0.15) is 0 Å². The topological polar surface area (TPSA) is 38.9 Å². The van der Waals surface area contributed by atoms with Crippen molar-refractivity contribution in [1.82, 2.24) is 4.98 Å². The largest absolute Gasteiger partial charge is 0.324 e. The number of aryl methyl sites for hydroxylation is 2. The van der Waals surface area contributed by atoms with E-state index in [0.717, 1.165) is 24.0 Å². The highest BCUT2D eigenvalue weighted by Crippen LogP contribution is 2.16. The van der Waals surface area contributed by atoms with Crippen LogP contribution in [0.25, 0.3) is 0 Å². The van der Waals surface area contributed by atoms with Gasteiger partial charge in [-0.3, -0.25) is 4.98 Å². The second-order valence-corrected chi connectivity index (χ2v) is 4.78. The molecular formula is C16H20N2. The van der Waals surface area contributed by atoms with Gasteiger partial charge in [0.05, 0.1) is 0 Å². The Labute approximate surface area is 109 Å². The predicted octanol–water partition coefficient (Wildman–Crippen LogP) is 3.19. The first kappa shape index (κ1) is 12.8. The van der Waals surface area contributed by atoms with Crippen molar-refractivity contribution >= 4 is 0 Å². The van der Waals surface area contributed by atoms with Crippen LogP contribution >= 0.6 is 0 Å². The Kier molecular flexibility index (Phi) is 4.11. The van der Waals surface area contributed by atoms with Gasteiger partial charge in [0, 0.05) is 18.4 Å². The number of hydrogen-bond donors (Lipinski definition) is 1. The van der Waals surface area contributed by atoms with E-state index in [4.69, 9.17) is 5.73 Å². The van der Waals surface area contributed by atoms with Crippen LogP contribution in [0.3, 0.4) is 0 Å². The fraction of sp³-hybridized carbons (Fsp3) is 0.312. The van der Waals surface area contributed by atoms with E-state index < -0.39 is 0 Å². The van der Waals surface area contributed by atoms with Gasteiger partial charge in [0.25, 0.3) is 0 Å². The fourth-order valence-electron chi connectivity index (χ4n) is 2.06. The fourth-order valence-corrected chi connectivity index (χ4v) is 2.06. The van der Waals surface area contributed by atoms with E-state index in [1.165, 1.54) is 11.1 Å². The minimum atomic E-state index is 0.0184. The monoisotopic (exact) mass is 240 g/mol. The molecule has 1 atom stereocenters. The summed E-state index contributed by atoms with van der Waals surface area (Å²) < 4.78 is 0. The molecule has 1 heterocycles. The van der Waals surface area contributed by atoms with Crippen LogP contribution in [0.1, 0.15) is 35.2 Å². The summed E-state index contributed by atoms with van der Waals surface area (Å²) >= 11 is 0. The lowest BCUT2D eigenvalue weighted by Crippen LogP contribution is -2.13. The third-order valence-corrected chi connectivity index (χ3v) is 3.21. The summed E-state index contributed by atoms with van der Waals surface area (Å²) in [6, 6.07) is 10.8. The Balaban J connectivity index is 2.08. The predicted molar refractivity (Wildman–Crippen MR) is 75.4 cm³/mol. The van der Waals surface area contributed by atoms with E-state index in [1.807, 2.05) is 19.3 Å². The molecule has 1 aromatic heterocycles. The van der Waals surface area contributed by atoms with Crippen LogP contribution in [-0.2, 0) is 12.8 Å². The minimum Gasteiger partial charge on any atom is -0.324 e. The van der Waals surface area contributed by atoms with Crippen LogP contribution in [0.15, 0.2) is 42.7 Å². The summed E-state index contributed by atoms with van der Waals surface area (Å²) in [5, 5.41) is 0. The first-order valence-electron chi connectivity index (χ1n) is 6.44. The Morgan fingerprint density at radius 3 is 2.39 bits per heavy atom. The highest BCUT2D eigenvalue weighted by Gasteiger charge is 2.07. The second-order valence-electron chi connectivity index (χ2n) is 4.78. The third kappa shape index (κ3) is 3.17. The lowest BCUT2D eigenvalue weighted by molar-refractivity contribution is 0.716. The number of aromatic nitrogens is 1. The zero-order valence-electron chi connectivity index (χ0n) is 11.1. The zero-order chi connectivity index (χ0) is 13.0. The SMILES string of the molecule is CCc1ccc(CC(N)c2cncc(C)c2)cc1. The maximum absolute atomic E-state index is 6.23. The van der Waals surface area contributed by atoms with Crippen molar-refractivity contribution in [3.8, 4) is 0 Å². The van der Waals surface area contributed by atoms with Crippen LogP contribution in [0.5, 0.6) is 0 Å². The minimum absolute atomic E-state index is 0.0184. The van der Waals surface area contributed by atoms with Crippen LogP contribution in [0.2, 0.25) is 0 Å². The molecule has 0 radical (unpaired) electrons. The van der Waals surface area contributed by atoms with Gasteiger partial charge in [-0.1, -0.05) is 37.3 Å². The van der Waals surface area contributed by atoms with Gasteiger partial charge in [-0.05, 0) is 42.0 Å². The molecule has 0 aliphatic rings. The van der Waals surface area contributed by atoms with Gasteiger partial charge in [-0.25, -0.2) is 0 Å². The second kappa shape index (κ2) is 5.78. The van der Waals surface area contributed by atoms with Gasteiger partial charge in [-0.2, -0.15) is 0 Å². The smallest absolute Gasteiger partial charge is 0.0351 e. The average Bonchev–Trinajstić information content (AvgIpc) is 2.39. The molecule has 0 saturated carbocycles. The first-order valence-corrected chi connectivity index (χ1v) is 6.44. The molecule has 0 aliphatic carbocycles. The lowest BCUT2D eigenvalue weighted by Gasteiger charge is -2.12. The third-order valence-electron chi connectivity index (χ3n) is 3.21. The molecule has 2 heteroatoms. The average molecular weight is 240 g/mol. The molecule has 2 rings (SSSR count). The van der Waals surface area contributed by atoms with Gasteiger partial charge < -0.3 is 5.73 Å². The first-order chi connectivity index (χ1) is 8.69. The number of rotatable bonds is 4. The number of nitrogens with zero attached hydrogens (tertiary/aromatic N) is 1. The molecule has 0 fully saturated rings. The summed E-state index contributed by atoms with van der Waals surface area (Å²) in [6.45, 7) is 4.21. The molecule has 2 N–H and O–H groups in total. The van der Waals surface area contributed by atoms with Crippen LogP contribution < -0.4 is 5.73 Å². The van der Waals surface area contributed by atoms with Gasteiger partial charge in [0.15, 0.2) is 0 Å². The van der Waals surface area contributed by atoms with Crippen LogP contribution in [-0.4, -0.2) is 4.98 Å². The number of pyridine rings is 1. The summed E-state index contributed by atoms with van der Waals surface area (Å²) in [5.74, 6) is 0. The van der Waals surface area contributed by atoms with Crippen molar-refractivity contribution in [2.75, 3.05) is 0 Å². The summed E-state index contributed by atoms with van der Waals surface area (Å²) in [6.07, 6.45) is 5.65. The standard InChI is InChI=1S/C16H20N2/c1-3-13-4-6-14(7-5-13)9-16(17)15-8-12(2)10-18-11-15/h4-8,10-11,16H,3,9,17H2,1-2H3. The number of benzene rings is 1. The van der Waals surface area contributed by atoms with Gasteiger partial charge in [0.2, 0.25) is 0 Å². The summed E-state index contributed by atoms with van der Waals surface area (Å²) in [5.41, 5.74) is 11.1. The van der Waals surface area contributed by atoms with Crippen LogP contribution in [0.4, 0.5) is 0 Å². The Hall–Kier alpha value is -1.67. The van der Waals surface area contributed by atoms with E-state index in [0.29, 0.717) is 0 Å². The Bertz CT molecular complexity index is 503.